The van der Waals surface area contributed by atoms with E-state index in [0.717, 1.165) is 44.6 Å². The summed E-state index contributed by atoms with van der Waals surface area (Å²) in [6, 6.07) is 5.71. The van der Waals surface area contributed by atoms with Crippen LogP contribution in [0.4, 0.5) is 0 Å². The third-order valence-corrected chi connectivity index (χ3v) is 5.12. The summed E-state index contributed by atoms with van der Waals surface area (Å²) in [4.78, 5) is 13.5. The van der Waals surface area contributed by atoms with Crippen LogP contribution in [0.1, 0.15) is 24.4 Å². The van der Waals surface area contributed by atoms with E-state index in [1.54, 1.807) is 30.4 Å². The van der Waals surface area contributed by atoms with Gasteiger partial charge in [-0.1, -0.05) is 0 Å². The molecule has 0 saturated heterocycles. The molecule has 31 heavy (non-hydrogen) atoms. The maximum absolute atomic E-state index is 6.31. The van der Waals surface area contributed by atoms with E-state index >= 15 is 0 Å². The summed E-state index contributed by atoms with van der Waals surface area (Å²) < 4.78 is 13.6. The number of methoxy groups -OCH3 is 1. The Hall–Kier alpha value is -4.01. The number of pyridine rings is 1. The highest BCUT2D eigenvalue weighted by Gasteiger charge is 2.19. The van der Waals surface area contributed by atoms with Crippen LogP contribution in [0.25, 0.3) is 33.2 Å². The van der Waals surface area contributed by atoms with E-state index in [1.165, 1.54) is 0 Å². The van der Waals surface area contributed by atoms with Gasteiger partial charge in [0.1, 0.15) is 40.0 Å². The molecule has 9 heteroatoms. The van der Waals surface area contributed by atoms with Crippen LogP contribution in [0.2, 0.25) is 0 Å². The molecular formula is C22H21N7O2. The molecule has 0 aliphatic rings. The Kier molecular flexibility index (Phi) is 4.50. The molecule has 0 bridgehead atoms. The normalized spacial score (nSPS) is 12.4. The fourth-order valence-electron chi connectivity index (χ4n) is 3.73. The molecule has 156 valence electrons. The predicted octanol–water partition coefficient (Wildman–Crippen LogP) is 3.76. The van der Waals surface area contributed by atoms with Crippen molar-refractivity contribution in [1.82, 2.24) is 34.9 Å². The van der Waals surface area contributed by atoms with Gasteiger partial charge in [-0.15, -0.1) is 0 Å². The van der Waals surface area contributed by atoms with Gasteiger partial charge >= 0.3 is 0 Å². The molecule has 4 heterocycles. The first-order valence-corrected chi connectivity index (χ1v) is 9.83. The minimum absolute atomic E-state index is 0.352. The lowest BCUT2D eigenvalue weighted by Crippen LogP contribution is -2.08. The Labute approximate surface area is 178 Å². The summed E-state index contributed by atoms with van der Waals surface area (Å²) in [6.45, 7) is 3.88. The van der Waals surface area contributed by atoms with Crippen LogP contribution in [0.15, 0.2) is 43.0 Å². The van der Waals surface area contributed by atoms with Gasteiger partial charge in [0.15, 0.2) is 0 Å². The van der Waals surface area contributed by atoms with Crippen molar-refractivity contribution in [2.75, 3.05) is 7.11 Å². The number of benzene rings is 1. The lowest BCUT2D eigenvalue weighted by atomic mass is 10.1. The van der Waals surface area contributed by atoms with E-state index < -0.39 is 0 Å². The molecule has 5 rings (SSSR count). The molecule has 1 atom stereocenters. The molecule has 0 saturated carbocycles. The Bertz CT molecular complexity index is 1410. The maximum Gasteiger partial charge on any atom is 0.148 e. The van der Waals surface area contributed by atoms with Gasteiger partial charge in [-0.2, -0.15) is 10.2 Å². The van der Waals surface area contributed by atoms with Gasteiger partial charge in [0.2, 0.25) is 0 Å². The summed E-state index contributed by atoms with van der Waals surface area (Å²) in [5.74, 6) is 1.29. The SMILES string of the molecule is COc1cc(OC(C)c2nc(C)cc3nccnc23)cc2c(-c3cnn(C)c3)n[nH]c12. The van der Waals surface area contributed by atoms with E-state index in [9.17, 15) is 0 Å². The van der Waals surface area contributed by atoms with Crippen LogP contribution < -0.4 is 9.47 Å². The van der Waals surface area contributed by atoms with Crippen molar-refractivity contribution < 1.29 is 9.47 Å². The number of fused-ring (bicyclic) bond motifs is 2. The zero-order chi connectivity index (χ0) is 21.5. The van der Waals surface area contributed by atoms with Gasteiger partial charge in [-0.05, 0) is 26.0 Å². The molecule has 0 amide bonds. The quantitative estimate of drug-likeness (QED) is 0.466. The van der Waals surface area contributed by atoms with E-state index in [0.29, 0.717) is 11.5 Å². The molecular weight excluding hydrogens is 394 g/mol. The first-order valence-electron chi connectivity index (χ1n) is 9.83. The highest BCUT2D eigenvalue weighted by molar-refractivity contribution is 5.97. The van der Waals surface area contributed by atoms with Crippen molar-refractivity contribution in [2.45, 2.75) is 20.0 Å². The lowest BCUT2D eigenvalue weighted by Gasteiger charge is -2.17. The Morgan fingerprint density at radius 3 is 2.74 bits per heavy atom. The number of nitrogens with one attached hydrogen (secondary N) is 1. The zero-order valence-electron chi connectivity index (χ0n) is 17.6. The summed E-state index contributed by atoms with van der Waals surface area (Å²) in [6.07, 6.45) is 6.68. The number of H-pyrrole nitrogens is 1. The number of aromatic amines is 1. The number of rotatable bonds is 5. The largest absolute Gasteiger partial charge is 0.494 e. The second kappa shape index (κ2) is 7.35. The molecule has 0 aliphatic heterocycles. The van der Waals surface area contributed by atoms with E-state index in [2.05, 4.69) is 30.2 Å². The molecule has 5 aromatic rings. The summed E-state index contributed by atoms with van der Waals surface area (Å²) >= 11 is 0. The fraction of sp³-hybridized carbons (Fsp3) is 0.227. The first-order chi connectivity index (χ1) is 15.0. The van der Waals surface area contributed by atoms with Crippen LogP contribution in [0.3, 0.4) is 0 Å². The Morgan fingerprint density at radius 1 is 1.13 bits per heavy atom. The molecule has 1 N–H and O–H groups in total. The Balaban J connectivity index is 1.58. The average Bonchev–Trinajstić information content (AvgIpc) is 3.38. The van der Waals surface area contributed by atoms with Gasteiger partial charge in [0.05, 0.1) is 18.8 Å². The monoisotopic (exact) mass is 415 g/mol. The van der Waals surface area contributed by atoms with Gasteiger partial charge in [-0.3, -0.25) is 24.7 Å². The molecule has 0 aliphatic carbocycles. The maximum atomic E-state index is 6.31. The standard InChI is InChI=1S/C22H21N7O2/c1-12-7-17-22(24-6-5-23-17)19(26-12)13(2)31-15-8-16-20(14-10-25-29(3)11-14)27-28-21(16)18(9-15)30-4/h5-11,13H,1-4H3,(H,27,28). The van der Waals surface area contributed by atoms with E-state index in [-0.39, 0.29) is 6.10 Å². The summed E-state index contributed by atoms with van der Waals surface area (Å²) in [5.41, 5.74) is 5.61. The van der Waals surface area contributed by atoms with Gasteiger partial charge in [-0.25, -0.2) is 0 Å². The fourth-order valence-corrected chi connectivity index (χ4v) is 3.73. The highest BCUT2D eigenvalue weighted by atomic mass is 16.5. The van der Waals surface area contributed by atoms with Crippen LogP contribution in [-0.2, 0) is 7.05 Å². The smallest absolute Gasteiger partial charge is 0.148 e. The molecule has 1 aromatic carbocycles. The number of aromatic nitrogens is 7. The van der Waals surface area contributed by atoms with Gasteiger partial charge < -0.3 is 9.47 Å². The molecule has 0 radical (unpaired) electrons. The lowest BCUT2D eigenvalue weighted by molar-refractivity contribution is 0.222. The van der Waals surface area contributed by atoms with Crippen molar-refractivity contribution in [1.29, 1.82) is 0 Å². The van der Waals surface area contributed by atoms with Crippen molar-refractivity contribution >= 4 is 21.9 Å². The number of ether oxygens (including phenoxy) is 2. The second-order valence-corrected chi connectivity index (χ2v) is 7.36. The molecule has 1 unspecified atom stereocenters. The molecule has 0 fully saturated rings. The zero-order valence-corrected chi connectivity index (χ0v) is 17.6. The van der Waals surface area contributed by atoms with Crippen LogP contribution in [0, 0.1) is 6.92 Å². The van der Waals surface area contributed by atoms with E-state index in [4.69, 9.17) is 9.47 Å². The minimum atomic E-state index is -0.352. The topological polar surface area (TPSA) is 104 Å². The molecule has 0 spiro atoms. The van der Waals surface area contributed by atoms with Crippen molar-refractivity contribution in [2.24, 2.45) is 7.05 Å². The number of nitrogens with zero attached hydrogens (tertiary/aromatic N) is 6. The molecule has 9 nitrogen and oxygen atoms in total. The van der Waals surface area contributed by atoms with Crippen LogP contribution in [0.5, 0.6) is 11.5 Å². The van der Waals surface area contributed by atoms with E-state index in [1.807, 2.05) is 45.3 Å². The minimum Gasteiger partial charge on any atom is -0.494 e. The van der Waals surface area contributed by atoms with Crippen LogP contribution >= 0.6 is 0 Å². The number of hydrogen-bond donors (Lipinski definition) is 1. The summed E-state index contributed by atoms with van der Waals surface area (Å²) in [5, 5.41) is 12.7. The number of aryl methyl sites for hydroxylation is 2. The second-order valence-electron chi connectivity index (χ2n) is 7.36. The third kappa shape index (κ3) is 3.33. The van der Waals surface area contributed by atoms with Gasteiger partial charge in [0, 0.05) is 48.3 Å². The van der Waals surface area contributed by atoms with Crippen molar-refractivity contribution in [3.05, 3.63) is 54.4 Å². The highest BCUT2D eigenvalue weighted by Crippen LogP contribution is 2.37. The van der Waals surface area contributed by atoms with Crippen molar-refractivity contribution in [3.63, 3.8) is 0 Å². The van der Waals surface area contributed by atoms with Gasteiger partial charge in [0.25, 0.3) is 0 Å². The third-order valence-electron chi connectivity index (χ3n) is 5.12. The summed E-state index contributed by atoms with van der Waals surface area (Å²) in [7, 11) is 3.50. The number of hydrogen-bond acceptors (Lipinski definition) is 7. The average molecular weight is 415 g/mol. The predicted molar refractivity (Wildman–Crippen MR) is 116 cm³/mol. The van der Waals surface area contributed by atoms with Crippen LogP contribution in [-0.4, -0.2) is 42.0 Å². The Morgan fingerprint density at radius 2 is 1.97 bits per heavy atom. The van der Waals surface area contributed by atoms with Crippen molar-refractivity contribution in [3.8, 4) is 22.8 Å². The first kappa shape index (κ1) is 19.0. The molecule has 4 aromatic heterocycles.